The number of morpholine rings is 1. The minimum Gasteiger partial charge on any atom is -0.378 e. The van der Waals surface area contributed by atoms with Crippen LogP contribution in [0.3, 0.4) is 0 Å². The number of fused-ring (bicyclic) bond motifs is 1. The van der Waals surface area contributed by atoms with Crippen LogP contribution in [0.5, 0.6) is 0 Å². The first-order chi connectivity index (χ1) is 13.2. The number of hydrogen-bond acceptors (Lipinski definition) is 5. The quantitative estimate of drug-likeness (QED) is 0.764. The van der Waals surface area contributed by atoms with Crippen molar-refractivity contribution in [1.82, 2.24) is 14.7 Å². The molecule has 0 radical (unpaired) electrons. The standard InChI is InChI=1S/C21H33ClN4O/c1-18-16-27-17-21-15-24(10-13-26(18)21)7-3-6-23-8-11-25(12-9-23)20-5-2-4-19(22)14-20/h2,4-5,14,18,21H,3,6-13,15-17H2,1H3/t18-,21+/m0/s1. The van der Waals surface area contributed by atoms with Gasteiger partial charge in [-0.1, -0.05) is 17.7 Å². The molecule has 0 saturated carbocycles. The Labute approximate surface area is 168 Å². The molecule has 1 aromatic carbocycles. The molecule has 0 aromatic heterocycles. The zero-order chi connectivity index (χ0) is 18.6. The molecule has 0 bridgehead atoms. The first-order valence-corrected chi connectivity index (χ1v) is 10.9. The molecule has 4 rings (SSSR count). The van der Waals surface area contributed by atoms with E-state index in [4.69, 9.17) is 16.3 Å². The van der Waals surface area contributed by atoms with Gasteiger partial charge in [-0.25, -0.2) is 0 Å². The highest BCUT2D eigenvalue weighted by Crippen LogP contribution is 2.21. The van der Waals surface area contributed by atoms with Gasteiger partial charge >= 0.3 is 0 Å². The molecule has 27 heavy (non-hydrogen) atoms. The van der Waals surface area contributed by atoms with Crippen LogP contribution in [0.4, 0.5) is 5.69 Å². The second-order valence-corrected chi connectivity index (χ2v) is 8.68. The Morgan fingerprint density at radius 1 is 1.00 bits per heavy atom. The molecular weight excluding hydrogens is 360 g/mol. The van der Waals surface area contributed by atoms with Crippen LogP contribution >= 0.6 is 11.6 Å². The normalized spacial score (nSPS) is 28.3. The molecule has 0 spiro atoms. The molecule has 3 saturated heterocycles. The fraction of sp³-hybridized carbons (Fsp3) is 0.714. The van der Waals surface area contributed by atoms with Crippen molar-refractivity contribution in [1.29, 1.82) is 0 Å². The number of anilines is 1. The van der Waals surface area contributed by atoms with E-state index in [1.807, 2.05) is 12.1 Å². The third-order valence-corrected chi connectivity index (χ3v) is 6.58. The lowest BCUT2D eigenvalue weighted by molar-refractivity contribution is -0.0754. The molecular formula is C21H33ClN4O. The first-order valence-electron chi connectivity index (χ1n) is 10.5. The van der Waals surface area contributed by atoms with Crippen molar-refractivity contribution in [3.8, 4) is 0 Å². The summed E-state index contributed by atoms with van der Waals surface area (Å²) < 4.78 is 5.76. The van der Waals surface area contributed by atoms with Crippen molar-refractivity contribution in [2.24, 2.45) is 0 Å². The van der Waals surface area contributed by atoms with Crippen LogP contribution in [-0.2, 0) is 4.74 Å². The SMILES string of the molecule is C[C@H]1COC[C@H]2CN(CCCN3CCN(c4cccc(Cl)c4)CC3)CCN21. The summed E-state index contributed by atoms with van der Waals surface area (Å²) in [5.74, 6) is 0. The summed E-state index contributed by atoms with van der Waals surface area (Å²) in [6.45, 7) is 14.6. The van der Waals surface area contributed by atoms with Gasteiger partial charge in [0, 0.05) is 68.6 Å². The van der Waals surface area contributed by atoms with Crippen LogP contribution in [0.15, 0.2) is 24.3 Å². The Morgan fingerprint density at radius 3 is 2.59 bits per heavy atom. The van der Waals surface area contributed by atoms with E-state index in [1.165, 1.54) is 44.8 Å². The number of ether oxygens (including phenoxy) is 1. The maximum atomic E-state index is 6.13. The lowest BCUT2D eigenvalue weighted by atomic mass is 10.1. The van der Waals surface area contributed by atoms with Gasteiger partial charge in [0.2, 0.25) is 0 Å². The maximum absolute atomic E-state index is 6.13. The van der Waals surface area contributed by atoms with Crippen LogP contribution in [-0.4, -0.2) is 98.9 Å². The van der Waals surface area contributed by atoms with Gasteiger partial charge < -0.3 is 14.5 Å². The Hall–Kier alpha value is -0.850. The van der Waals surface area contributed by atoms with Crippen LogP contribution < -0.4 is 4.90 Å². The highest BCUT2D eigenvalue weighted by atomic mass is 35.5. The average molecular weight is 393 g/mol. The molecule has 6 heteroatoms. The molecule has 2 atom stereocenters. The van der Waals surface area contributed by atoms with Gasteiger partial charge in [-0.2, -0.15) is 0 Å². The van der Waals surface area contributed by atoms with Gasteiger partial charge in [-0.15, -0.1) is 0 Å². The first kappa shape index (κ1) is 19.5. The minimum absolute atomic E-state index is 0.585. The number of benzene rings is 1. The minimum atomic E-state index is 0.585. The number of rotatable bonds is 5. The third kappa shape index (κ3) is 4.96. The zero-order valence-corrected chi connectivity index (χ0v) is 17.3. The fourth-order valence-electron chi connectivity index (χ4n) is 4.76. The molecule has 1 aromatic rings. The molecule has 3 aliphatic rings. The second kappa shape index (κ2) is 9.10. The summed E-state index contributed by atoms with van der Waals surface area (Å²) in [5.41, 5.74) is 1.25. The largest absolute Gasteiger partial charge is 0.378 e. The number of nitrogens with zero attached hydrogens (tertiary/aromatic N) is 4. The number of halogens is 1. The molecule has 0 unspecified atom stereocenters. The van der Waals surface area contributed by atoms with Gasteiger partial charge in [-0.05, 0) is 44.6 Å². The predicted octanol–water partition coefficient (Wildman–Crippen LogP) is 2.26. The smallest absolute Gasteiger partial charge is 0.0635 e. The molecule has 3 aliphatic heterocycles. The van der Waals surface area contributed by atoms with Crippen LogP contribution in [0.25, 0.3) is 0 Å². The van der Waals surface area contributed by atoms with E-state index in [2.05, 4.69) is 38.7 Å². The number of piperazine rings is 2. The Balaban J connectivity index is 1.16. The van der Waals surface area contributed by atoms with E-state index >= 15 is 0 Å². The van der Waals surface area contributed by atoms with Crippen molar-refractivity contribution < 1.29 is 4.74 Å². The van der Waals surface area contributed by atoms with E-state index in [0.29, 0.717) is 12.1 Å². The predicted molar refractivity (Wildman–Crippen MR) is 112 cm³/mol. The van der Waals surface area contributed by atoms with E-state index in [-0.39, 0.29) is 0 Å². The molecule has 3 fully saturated rings. The van der Waals surface area contributed by atoms with Crippen LogP contribution in [0.2, 0.25) is 5.02 Å². The summed E-state index contributed by atoms with van der Waals surface area (Å²) >= 11 is 6.13. The Kier molecular flexibility index (Phi) is 6.56. The lowest BCUT2D eigenvalue weighted by Crippen LogP contribution is -2.61. The molecule has 150 valence electrons. The van der Waals surface area contributed by atoms with Crippen molar-refractivity contribution in [2.75, 3.05) is 77.0 Å². The summed E-state index contributed by atoms with van der Waals surface area (Å²) in [7, 11) is 0. The van der Waals surface area contributed by atoms with Crippen LogP contribution in [0.1, 0.15) is 13.3 Å². The summed E-state index contributed by atoms with van der Waals surface area (Å²) in [4.78, 5) is 10.4. The summed E-state index contributed by atoms with van der Waals surface area (Å²) in [6, 6.07) is 9.41. The third-order valence-electron chi connectivity index (χ3n) is 6.34. The van der Waals surface area contributed by atoms with Crippen molar-refractivity contribution in [2.45, 2.75) is 25.4 Å². The summed E-state index contributed by atoms with van der Waals surface area (Å²) in [6.07, 6.45) is 1.26. The van der Waals surface area contributed by atoms with E-state index in [1.54, 1.807) is 0 Å². The molecule has 3 heterocycles. The van der Waals surface area contributed by atoms with Crippen molar-refractivity contribution in [3.63, 3.8) is 0 Å². The molecule has 0 aliphatic carbocycles. The topological polar surface area (TPSA) is 22.2 Å². The van der Waals surface area contributed by atoms with E-state index in [9.17, 15) is 0 Å². The van der Waals surface area contributed by atoms with Gasteiger partial charge in [0.15, 0.2) is 0 Å². The highest BCUT2D eigenvalue weighted by Gasteiger charge is 2.33. The fourth-order valence-corrected chi connectivity index (χ4v) is 4.94. The van der Waals surface area contributed by atoms with Gasteiger partial charge in [0.1, 0.15) is 0 Å². The maximum Gasteiger partial charge on any atom is 0.0635 e. The summed E-state index contributed by atoms with van der Waals surface area (Å²) in [5, 5.41) is 0.827. The highest BCUT2D eigenvalue weighted by molar-refractivity contribution is 6.30. The van der Waals surface area contributed by atoms with Gasteiger partial charge in [0.25, 0.3) is 0 Å². The van der Waals surface area contributed by atoms with E-state index in [0.717, 1.165) is 44.4 Å². The Bertz CT molecular complexity index is 608. The monoisotopic (exact) mass is 392 g/mol. The molecule has 0 N–H and O–H groups in total. The van der Waals surface area contributed by atoms with E-state index < -0.39 is 0 Å². The van der Waals surface area contributed by atoms with Crippen molar-refractivity contribution in [3.05, 3.63) is 29.3 Å². The molecule has 0 amide bonds. The van der Waals surface area contributed by atoms with Gasteiger partial charge in [0.05, 0.1) is 13.2 Å². The van der Waals surface area contributed by atoms with Crippen LogP contribution in [0, 0.1) is 0 Å². The second-order valence-electron chi connectivity index (χ2n) is 8.24. The van der Waals surface area contributed by atoms with Crippen molar-refractivity contribution >= 4 is 17.3 Å². The number of hydrogen-bond donors (Lipinski definition) is 0. The Morgan fingerprint density at radius 2 is 1.78 bits per heavy atom. The van der Waals surface area contributed by atoms with Gasteiger partial charge in [-0.3, -0.25) is 9.80 Å². The average Bonchev–Trinajstić information content (AvgIpc) is 2.69. The zero-order valence-electron chi connectivity index (χ0n) is 16.5. The lowest BCUT2D eigenvalue weighted by Gasteiger charge is -2.47. The molecule has 5 nitrogen and oxygen atoms in total.